The number of benzene rings is 2. The molecular weight excluding hydrogens is 228 g/mol. The van der Waals surface area contributed by atoms with Crippen molar-refractivity contribution in [2.75, 3.05) is 0 Å². The van der Waals surface area contributed by atoms with Crippen LogP contribution in [0.25, 0.3) is 5.57 Å². The highest BCUT2D eigenvalue weighted by Crippen LogP contribution is 2.17. The summed E-state index contributed by atoms with van der Waals surface area (Å²) in [6, 6.07) is 19.1. The smallest absolute Gasteiger partial charge is 0.00258 e. The van der Waals surface area contributed by atoms with Crippen LogP contribution in [0.5, 0.6) is 0 Å². The highest BCUT2D eigenvalue weighted by molar-refractivity contribution is 5.74. The lowest BCUT2D eigenvalue weighted by Crippen LogP contribution is -1.88. The lowest BCUT2D eigenvalue weighted by molar-refractivity contribution is 1.19. The van der Waals surface area contributed by atoms with E-state index in [1.165, 1.54) is 16.7 Å². The topological polar surface area (TPSA) is 0 Å². The van der Waals surface area contributed by atoms with Crippen molar-refractivity contribution in [3.8, 4) is 0 Å². The molecule has 0 N–H and O–H groups in total. The van der Waals surface area contributed by atoms with Gasteiger partial charge in [-0.2, -0.15) is 0 Å². The molecule has 2 aromatic rings. The third-order valence-electron chi connectivity index (χ3n) is 3.06. The van der Waals surface area contributed by atoms with E-state index in [-0.39, 0.29) is 0 Å². The maximum atomic E-state index is 3.83. The molecule has 0 bridgehead atoms. The maximum Gasteiger partial charge on any atom is -0.00258 e. The van der Waals surface area contributed by atoms with E-state index in [9.17, 15) is 0 Å². The highest BCUT2D eigenvalue weighted by Gasteiger charge is 1.99. The van der Waals surface area contributed by atoms with Crippen LogP contribution in [0.1, 0.15) is 16.7 Å². The second kappa shape index (κ2) is 6.55. The Morgan fingerprint density at radius 2 is 1.47 bits per heavy atom. The molecule has 0 fully saturated rings. The molecule has 0 heterocycles. The third-order valence-corrected chi connectivity index (χ3v) is 3.06. The van der Waals surface area contributed by atoms with Gasteiger partial charge in [0.25, 0.3) is 0 Å². The predicted octanol–water partition coefficient (Wildman–Crippen LogP) is 5.03. The van der Waals surface area contributed by atoms with E-state index < -0.39 is 0 Å². The first-order valence-electron chi connectivity index (χ1n) is 6.42. The van der Waals surface area contributed by atoms with E-state index in [1.54, 1.807) is 6.08 Å². The van der Waals surface area contributed by atoms with Crippen LogP contribution in [0.2, 0.25) is 0 Å². The van der Waals surface area contributed by atoms with Gasteiger partial charge < -0.3 is 0 Å². The van der Waals surface area contributed by atoms with E-state index in [2.05, 4.69) is 61.7 Å². The summed E-state index contributed by atoms with van der Waals surface area (Å²) in [6.07, 6.45) is 6.58. The Hall–Kier alpha value is -2.34. The maximum absolute atomic E-state index is 3.83. The average molecular weight is 246 g/mol. The Bertz CT molecular complexity index is 571. The highest BCUT2D eigenvalue weighted by atomic mass is 14.0. The molecule has 0 unspecified atom stereocenters. The lowest BCUT2D eigenvalue weighted by atomic mass is 10.0. The molecule has 0 radical (unpaired) electrons. The molecule has 0 aliphatic rings. The summed E-state index contributed by atoms with van der Waals surface area (Å²) in [5, 5.41) is 0. The average Bonchev–Trinajstić information content (AvgIpc) is 2.47. The minimum Gasteiger partial charge on any atom is -0.0990 e. The quantitative estimate of drug-likeness (QED) is 0.649. The van der Waals surface area contributed by atoms with Crippen molar-refractivity contribution in [3.05, 3.63) is 103 Å². The molecule has 94 valence electrons. The Morgan fingerprint density at radius 3 is 2.05 bits per heavy atom. The van der Waals surface area contributed by atoms with Crippen molar-refractivity contribution < 1.29 is 0 Å². The zero-order valence-corrected chi connectivity index (χ0v) is 11.0. The van der Waals surface area contributed by atoms with E-state index in [0.717, 1.165) is 12.0 Å². The summed E-state index contributed by atoms with van der Waals surface area (Å²) in [5.41, 5.74) is 4.92. The van der Waals surface area contributed by atoms with Gasteiger partial charge in [-0.05, 0) is 28.7 Å². The van der Waals surface area contributed by atoms with Gasteiger partial charge in [-0.15, -0.1) is 0 Å². The van der Waals surface area contributed by atoms with Crippen LogP contribution < -0.4 is 0 Å². The van der Waals surface area contributed by atoms with Crippen molar-refractivity contribution >= 4 is 5.57 Å². The monoisotopic (exact) mass is 246 g/mol. The number of hydrogen-bond acceptors (Lipinski definition) is 0. The molecule has 0 amide bonds. The van der Waals surface area contributed by atoms with E-state index >= 15 is 0 Å². The van der Waals surface area contributed by atoms with Crippen LogP contribution in [-0.2, 0) is 6.42 Å². The number of rotatable bonds is 5. The molecule has 0 heteroatoms. The molecule has 0 aliphatic carbocycles. The minimum absolute atomic E-state index is 0.968. The molecular formula is C19H18. The molecule has 0 aliphatic heterocycles. The van der Waals surface area contributed by atoms with E-state index in [1.807, 2.05) is 18.2 Å². The molecule has 0 spiro atoms. The van der Waals surface area contributed by atoms with E-state index in [4.69, 9.17) is 0 Å². The van der Waals surface area contributed by atoms with Crippen molar-refractivity contribution in [2.45, 2.75) is 6.42 Å². The van der Waals surface area contributed by atoms with Crippen LogP contribution in [0.15, 0.2) is 86.0 Å². The second-order valence-corrected chi connectivity index (χ2v) is 4.42. The van der Waals surface area contributed by atoms with Crippen molar-refractivity contribution in [2.24, 2.45) is 0 Å². The molecule has 0 nitrogen and oxygen atoms in total. The standard InChI is InChI=1S/C19H18/c1-3-8-18(4-2)19-13-11-17(12-14-19)15-16-9-6-5-7-10-16/h3-14H,1-2,15H2/b18-8+. The molecule has 2 aromatic carbocycles. The summed E-state index contributed by atoms with van der Waals surface area (Å²) in [4.78, 5) is 0. The predicted molar refractivity (Wildman–Crippen MR) is 84.1 cm³/mol. The summed E-state index contributed by atoms with van der Waals surface area (Å²) < 4.78 is 0. The van der Waals surface area contributed by atoms with E-state index in [0.29, 0.717) is 0 Å². The lowest BCUT2D eigenvalue weighted by Gasteiger charge is -2.05. The van der Waals surface area contributed by atoms with Gasteiger partial charge in [0.1, 0.15) is 0 Å². The minimum atomic E-state index is 0.968. The Morgan fingerprint density at radius 1 is 0.842 bits per heavy atom. The SMILES string of the molecule is C=C/C=C(\C=C)c1ccc(Cc2ccccc2)cc1. The zero-order valence-electron chi connectivity index (χ0n) is 11.0. The molecule has 0 saturated carbocycles. The van der Waals surface area contributed by atoms with Crippen LogP contribution in [0.3, 0.4) is 0 Å². The third kappa shape index (κ3) is 3.56. The van der Waals surface area contributed by atoms with Crippen molar-refractivity contribution in [1.29, 1.82) is 0 Å². The summed E-state index contributed by atoms with van der Waals surface area (Å²) in [5.74, 6) is 0. The molecule has 0 saturated heterocycles. The van der Waals surface area contributed by atoms with Gasteiger partial charge in [-0.25, -0.2) is 0 Å². The fraction of sp³-hybridized carbons (Fsp3) is 0.0526. The first-order chi connectivity index (χ1) is 9.33. The van der Waals surface area contributed by atoms with Gasteiger partial charge >= 0.3 is 0 Å². The van der Waals surface area contributed by atoms with Gasteiger partial charge in [-0.3, -0.25) is 0 Å². The van der Waals surface area contributed by atoms with Crippen LogP contribution in [0, 0.1) is 0 Å². The summed E-state index contributed by atoms with van der Waals surface area (Å²) >= 11 is 0. The van der Waals surface area contributed by atoms with Gasteiger partial charge in [-0.1, -0.05) is 86.0 Å². The summed E-state index contributed by atoms with van der Waals surface area (Å²) in [6.45, 7) is 7.55. The van der Waals surface area contributed by atoms with Gasteiger partial charge in [0.15, 0.2) is 0 Å². The first kappa shape index (κ1) is 13.1. The van der Waals surface area contributed by atoms with Gasteiger partial charge in [0, 0.05) is 0 Å². The molecule has 19 heavy (non-hydrogen) atoms. The number of allylic oxidation sites excluding steroid dienone is 4. The largest absolute Gasteiger partial charge is 0.0990 e. The Balaban J connectivity index is 2.17. The van der Waals surface area contributed by atoms with Crippen LogP contribution >= 0.6 is 0 Å². The van der Waals surface area contributed by atoms with Crippen molar-refractivity contribution in [1.82, 2.24) is 0 Å². The van der Waals surface area contributed by atoms with Crippen LogP contribution in [-0.4, -0.2) is 0 Å². The molecule has 0 aromatic heterocycles. The number of hydrogen-bond donors (Lipinski definition) is 0. The second-order valence-electron chi connectivity index (χ2n) is 4.42. The Labute approximate surface area is 115 Å². The molecule has 0 atom stereocenters. The van der Waals surface area contributed by atoms with Crippen molar-refractivity contribution in [3.63, 3.8) is 0 Å². The van der Waals surface area contributed by atoms with Gasteiger partial charge in [0.2, 0.25) is 0 Å². The fourth-order valence-corrected chi connectivity index (χ4v) is 2.06. The zero-order chi connectivity index (χ0) is 13.5. The Kier molecular flexibility index (Phi) is 4.52. The fourth-order valence-electron chi connectivity index (χ4n) is 2.06. The first-order valence-corrected chi connectivity index (χ1v) is 6.42. The van der Waals surface area contributed by atoms with Crippen LogP contribution in [0.4, 0.5) is 0 Å². The summed E-state index contributed by atoms with van der Waals surface area (Å²) in [7, 11) is 0. The van der Waals surface area contributed by atoms with Gasteiger partial charge in [0.05, 0.1) is 0 Å². The normalized spacial score (nSPS) is 11.1. The molecule has 2 rings (SSSR count).